The predicted octanol–water partition coefficient (Wildman–Crippen LogP) is 3.37. The van der Waals surface area contributed by atoms with Gasteiger partial charge in [-0.25, -0.2) is 4.39 Å². The minimum absolute atomic E-state index is 0.0319. The molecule has 3 fully saturated rings. The average molecular weight is 358 g/mol. The van der Waals surface area contributed by atoms with Crippen LogP contribution in [-0.4, -0.2) is 35.3 Å². The van der Waals surface area contributed by atoms with Crippen LogP contribution in [0, 0.1) is 11.7 Å². The van der Waals surface area contributed by atoms with E-state index in [0.717, 1.165) is 50.5 Å². The van der Waals surface area contributed by atoms with Gasteiger partial charge in [0.2, 0.25) is 11.8 Å². The first-order valence-corrected chi connectivity index (χ1v) is 10.00. The van der Waals surface area contributed by atoms with Crippen LogP contribution < -0.4 is 5.32 Å². The van der Waals surface area contributed by atoms with Crippen molar-refractivity contribution in [1.82, 2.24) is 10.2 Å². The molecule has 0 spiro atoms. The third kappa shape index (κ3) is 3.62. The van der Waals surface area contributed by atoms with E-state index < -0.39 is 0 Å². The van der Waals surface area contributed by atoms with E-state index in [1.807, 2.05) is 11.0 Å². The Morgan fingerprint density at radius 2 is 1.88 bits per heavy atom. The van der Waals surface area contributed by atoms with Crippen LogP contribution in [0.3, 0.4) is 0 Å². The van der Waals surface area contributed by atoms with Crippen molar-refractivity contribution in [2.24, 2.45) is 5.92 Å². The van der Waals surface area contributed by atoms with Crippen LogP contribution in [0.1, 0.15) is 62.8 Å². The van der Waals surface area contributed by atoms with Gasteiger partial charge in [0.1, 0.15) is 11.9 Å². The predicted molar refractivity (Wildman–Crippen MR) is 97.0 cm³/mol. The lowest BCUT2D eigenvalue weighted by Crippen LogP contribution is -2.48. The number of nitrogens with one attached hydrogen (secondary N) is 1. The number of hydrogen-bond acceptors (Lipinski definition) is 2. The summed E-state index contributed by atoms with van der Waals surface area (Å²) < 4.78 is 13.4. The Morgan fingerprint density at radius 1 is 1.08 bits per heavy atom. The van der Waals surface area contributed by atoms with Crippen LogP contribution in [0.2, 0.25) is 0 Å². The van der Waals surface area contributed by atoms with Crippen LogP contribution in [0.25, 0.3) is 0 Å². The fraction of sp³-hybridized carbons (Fsp3) is 0.619. The second kappa shape index (κ2) is 7.37. The number of rotatable bonds is 4. The molecule has 3 atom stereocenters. The second-order valence-corrected chi connectivity index (χ2v) is 8.04. The molecule has 3 aliphatic rings. The minimum Gasteiger partial charge on any atom is -0.351 e. The van der Waals surface area contributed by atoms with Crippen LogP contribution in [-0.2, 0) is 9.59 Å². The lowest BCUT2D eigenvalue weighted by molar-refractivity contribution is -0.142. The van der Waals surface area contributed by atoms with E-state index >= 15 is 0 Å². The van der Waals surface area contributed by atoms with Crippen LogP contribution in [0.5, 0.6) is 0 Å². The second-order valence-electron chi connectivity index (χ2n) is 8.04. The molecule has 0 radical (unpaired) electrons. The molecule has 2 aliphatic carbocycles. The minimum atomic E-state index is -0.321. The maximum atomic E-state index is 13.4. The lowest BCUT2D eigenvalue weighted by Gasteiger charge is -2.30. The van der Waals surface area contributed by atoms with Crippen molar-refractivity contribution >= 4 is 11.8 Å². The standard InChI is InChI=1S/C21H27FN2O2/c22-16-9-4-8-15(12-16)17-13-18(17)23-20(25)19-10-5-11-24(19)21(26)14-6-2-1-3-7-14/h4,8-9,12,14,17-19H,1-3,5-7,10-11,13H2,(H,23,25)/t17-,18-,19+/m1/s1. The highest BCUT2D eigenvalue weighted by Crippen LogP contribution is 2.41. The molecule has 0 bridgehead atoms. The molecule has 1 N–H and O–H groups in total. The largest absolute Gasteiger partial charge is 0.351 e. The molecule has 26 heavy (non-hydrogen) atoms. The van der Waals surface area contributed by atoms with Crippen molar-refractivity contribution in [3.8, 4) is 0 Å². The van der Waals surface area contributed by atoms with Crippen molar-refractivity contribution in [3.63, 3.8) is 0 Å². The number of hydrogen-bond donors (Lipinski definition) is 1. The van der Waals surface area contributed by atoms with Gasteiger partial charge in [-0.1, -0.05) is 31.4 Å². The Bertz CT molecular complexity index is 686. The molecular weight excluding hydrogens is 331 g/mol. The van der Waals surface area contributed by atoms with Gasteiger partial charge in [-0.15, -0.1) is 0 Å². The first kappa shape index (κ1) is 17.5. The van der Waals surface area contributed by atoms with Crippen LogP contribution in [0.15, 0.2) is 24.3 Å². The van der Waals surface area contributed by atoms with E-state index in [4.69, 9.17) is 0 Å². The van der Waals surface area contributed by atoms with E-state index in [9.17, 15) is 14.0 Å². The van der Waals surface area contributed by atoms with Crippen molar-refractivity contribution in [3.05, 3.63) is 35.6 Å². The highest BCUT2D eigenvalue weighted by molar-refractivity contribution is 5.89. The highest BCUT2D eigenvalue weighted by atomic mass is 19.1. The fourth-order valence-electron chi connectivity index (χ4n) is 4.63. The Balaban J connectivity index is 1.35. The number of carbonyl (C=O) groups is 2. The molecule has 1 saturated heterocycles. The van der Waals surface area contributed by atoms with Gasteiger partial charge in [0.05, 0.1) is 0 Å². The van der Waals surface area contributed by atoms with E-state index in [1.54, 1.807) is 12.1 Å². The smallest absolute Gasteiger partial charge is 0.243 e. The van der Waals surface area contributed by atoms with Crippen LogP contribution >= 0.6 is 0 Å². The Kier molecular flexibility index (Phi) is 4.96. The quantitative estimate of drug-likeness (QED) is 0.897. The Labute approximate surface area is 154 Å². The molecule has 140 valence electrons. The van der Waals surface area contributed by atoms with Crippen molar-refractivity contribution in [2.75, 3.05) is 6.54 Å². The lowest BCUT2D eigenvalue weighted by atomic mass is 9.88. The summed E-state index contributed by atoms with van der Waals surface area (Å²) in [5.74, 6) is 0.214. The van der Waals surface area contributed by atoms with Crippen molar-refractivity contribution in [1.29, 1.82) is 0 Å². The van der Waals surface area contributed by atoms with Crippen molar-refractivity contribution < 1.29 is 14.0 Å². The molecule has 1 aromatic rings. The highest BCUT2D eigenvalue weighted by Gasteiger charge is 2.43. The molecular formula is C21H27FN2O2. The Morgan fingerprint density at radius 3 is 2.65 bits per heavy atom. The number of halogens is 1. The fourth-order valence-corrected chi connectivity index (χ4v) is 4.63. The van der Waals surface area contributed by atoms with E-state index in [0.29, 0.717) is 6.54 Å². The third-order valence-electron chi connectivity index (χ3n) is 6.19. The zero-order chi connectivity index (χ0) is 18.1. The van der Waals surface area contributed by atoms with Gasteiger partial charge >= 0.3 is 0 Å². The first-order valence-electron chi connectivity index (χ1n) is 10.00. The van der Waals surface area contributed by atoms with Gasteiger partial charge in [0.15, 0.2) is 0 Å². The summed E-state index contributed by atoms with van der Waals surface area (Å²) >= 11 is 0. The number of amides is 2. The number of nitrogens with zero attached hydrogens (tertiary/aromatic N) is 1. The Hall–Kier alpha value is -1.91. The van der Waals surface area contributed by atoms with Gasteiger partial charge in [0, 0.05) is 24.4 Å². The topological polar surface area (TPSA) is 49.4 Å². The van der Waals surface area contributed by atoms with Gasteiger partial charge in [-0.3, -0.25) is 9.59 Å². The van der Waals surface area contributed by atoms with Crippen LogP contribution in [0.4, 0.5) is 4.39 Å². The number of likely N-dealkylation sites (tertiary alicyclic amines) is 1. The summed E-state index contributed by atoms with van der Waals surface area (Å²) in [6.45, 7) is 0.700. The number of benzene rings is 1. The molecule has 0 unspecified atom stereocenters. The SMILES string of the molecule is O=C(N[C@@H]1C[C@@H]1c1cccc(F)c1)[C@@H]1CCCN1C(=O)C1CCCCC1. The molecule has 4 nitrogen and oxygen atoms in total. The molecule has 2 saturated carbocycles. The molecule has 2 amide bonds. The summed E-state index contributed by atoms with van der Waals surface area (Å²) in [5, 5.41) is 3.10. The van der Waals surface area contributed by atoms with E-state index in [1.165, 1.54) is 12.5 Å². The monoisotopic (exact) mass is 358 g/mol. The molecule has 5 heteroatoms. The summed E-state index contributed by atoms with van der Waals surface area (Å²) in [6, 6.07) is 6.35. The third-order valence-corrected chi connectivity index (χ3v) is 6.19. The molecule has 1 aliphatic heterocycles. The summed E-state index contributed by atoms with van der Waals surface area (Å²) in [7, 11) is 0. The molecule has 0 aromatic heterocycles. The number of carbonyl (C=O) groups excluding carboxylic acids is 2. The average Bonchev–Trinajstić information content (AvgIpc) is 3.24. The zero-order valence-electron chi connectivity index (χ0n) is 15.1. The maximum absolute atomic E-state index is 13.4. The van der Waals surface area contributed by atoms with Gasteiger partial charge in [-0.05, 0) is 49.8 Å². The summed E-state index contributed by atoms with van der Waals surface area (Å²) in [4.78, 5) is 27.4. The maximum Gasteiger partial charge on any atom is 0.243 e. The van der Waals surface area contributed by atoms with E-state index in [2.05, 4.69) is 5.32 Å². The zero-order valence-corrected chi connectivity index (χ0v) is 15.1. The van der Waals surface area contributed by atoms with Crippen molar-refractivity contribution in [2.45, 2.75) is 69.4 Å². The molecule has 1 aromatic carbocycles. The van der Waals surface area contributed by atoms with E-state index in [-0.39, 0.29) is 41.6 Å². The van der Waals surface area contributed by atoms with Gasteiger partial charge in [0.25, 0.3) is 0 Å². The van der Waals surface area contributed by atoms with Gasteiger partial charge < -0.3 is 10.2 Å². The molecule has 4 rings (SSSR count). The molecule has 1 heterocycles. The summed E-state index contributed by atoms with van der Waals surface area (Å²) in [6.07, 6.45) is 7.89. The first-order chi connectivity index (χ1) is 12.6. The van der Waals surface area contributed by atoms with Gasteiger partial charge in [-0.2, -0.15) is 0 Å². The summed E-state index contributed by atoms with van der Waals surface area (Å²) in [5.41, 5.74) is 0.942. The normalized spacial score (nSPS) is 28.8.